The molecule has 0 saturated carbocycles. The van der Waals surface area contributed by atoms with Gasteiger partial charge in [0.2, 0.25) is 0 Å². The molecule has 0 aliphatic carbocycles. The van der Waals surface area contributed by atoms with Crippen LogP contribution < -0.4 is 5.32 Å². The molecule has 1 aliphatic heterocycles. The zero-order chi connectivity index (χ0) is 24.8. The molecule has 4 rings (SSSR count). The van der Waals surface area contributed by atoms with Crippen LogP contribution in [0.5, 0.6) is 0 Å². The molecule has 1 aliphatic rings. The van der Waals surface area contributed by atoms with E-state index in [2.05, 4.69) is 5.32 Å². The SMILES string of the molecule is Cc1cc(C(=O)CN2C(=O)NC(C)(c3ccc(F)c(F)c3)C2=O)c(C)n1Cc1ccc(F)cc1. The summed E-state index contributed by atoms with van der Waals surface area (Å²) in [5.41, 5.74) is 1.06. The molecule has 0 bridgehead atoms. The van der Waals surface area contributed by atoms with Crippen LogP contribution in [0, 0.1) is 31.3 Å². The van der Waals surface area contributed by atoms with Crippen molar-refractivity contribution in [3.63, 3.8) is 0 Å². The van der Waals surface area contributed by atoms with E-state index in [1.165, 1.54) is 25.1 Å². The number of amides is 3. The predicted octanol–water partition coefficient (Wildman–Crippen LogP) is 4.22. The van der Waals surface area contributed by atoms with Crippen molar-refractivity contribution in [2.75, 3.05) is 6.54 Å². The fourth-order valence-electron chi connectivity index (χ4n) is 4.17. The van der Waals surface area contributed by atoms with Crippen molar-refractivity contribution in [1.82, 2.24) is 14.8 Å². The van der Waals surface area contributed by atoms with Crippen molar-refractivity contribution in [1.29, 1.82) is 0 Å². The van der Waals surface area contributed by atoms with Crippen molar-refractivity contribution < 1.29 is 27.6 Å². The number of rotatable bonds is 6. The van der Waals surface area contributed by atoms with Crippen LogP contribution in [-0.4, -0.2) is 33.7 Å². The smallest absolute Gasteiger partial charge is 0.325 e. The summed E-state index contributed by atoms with van der Waals surface area (Å²) in [5.74, 6) is -3.76. The molecule has 3 amide bonds. The summed E-state index contributed by atoms with van der Waals surface area (Å²) in [5, 5.41) is 2.48. The van der Waals surface area contributed by atoms with Gasteiger partial charge in [0.15, 0.2) is 17.4 Å². The largest absolute Gasteiger partial charge is 0.344 e. The number of imide groups is 1. The van der Waals surface area contributed by atoms with Gasteiger partial charge >= 0.3 is 6.03 Å². The summed E-state index contributed by atoms with van der Waals surface area (Å²) in [6, 6.07) is 9.84. The molecule has 1 aromatic heterocycles. The Labute approximate surface area is 194 Å². The van der Waals surface area contributed by atoms with Crippen LogP contribution in [0.4, 0.5) is 18.0 Å². The maximum Gasteiger partial charge on any atom is 0.325 e. The molecule has 2 heterocycles. The first kappa shape index (κ1) is 23.3. The van der Waals surface area contributed by atoms with E-state index >= 15 is 0 Å². The van der Waals surface area contributed by atoms with Gasteiger partial charge < -0.3 is 9.88 Å². The second kappa shape index (κ2) is 8.48. The van der Waals surface area contributed by atoms with Crippen molar-refractivity contribution in [2.45, 2.75) is 32.9 Å². The van der Waals surface area contributed by atoms with E-state index in [0.29, 0.717) is 17.8 Å². The third kappa shape index (κ3) is 3.98. The van der Waals surface area contributed by atoms with Gasteiger partial charge in [-0.3, -0.25) is 14.5 Å². The number of carbonyl (C=O) groups is 3. The first-order valence-electron chi connectivity index (χ1n) is 10.6. The molecule has 1 fully saturated rings. The van der Waals surface area contributed by atoms with Crippen molar-refractivity contribution in [3.8, 4) is 0 Å². The lowest BCUT2D eigenvalue weighted by atomic mass is 9.92. The van der Waals surface area contributed by atoms with Crippen molar-refractivity contribution in [3.05, 3.63) is 94.1 Å². The highest BCUT2D eigenvalue weighted by atomic mass is 19.2. The maximum absolute atomic E-state index is 13.7. The van der Waals surface area contributed by atoms with Gasteiger partial charge in [-0.15, -0.1) is 0 Å². The Morgan fingerprint density at radius 2 is 1.65 bits per heavy atom. The van der Waals surface area contributed by atoms with Crippen LogP contribution in [0.1, 0.15) is 39.8 Å². The Kier molecular flexibility index (Phi) is 5.80. The highest BCUT2D eigenvalue weighted by molar-refractivity contribution is 6.11. The molecule has 3 aromatic rings. The number of ketones is 1. The van der Waals surface area contributed by atoms with Crippen LogP contribution in [0.2, 0.25) is 0 Å². The summed E-state index contributed by atoms with van der Waals surface area (Å²) in [6.45, 7) is 4.86. The van der Waals surface area contributed by atoms with E-state index in [4.69, 9.17) is 0 Å². The quantitative estimate of drug-likeness (QED) is 0.434. The molecule has 1 N–H and O–H groups in total. The minimum Gasteiger partial charge on any atom is -0.344 e. The van der Waals surface area contributed by atoms with E-state index in [0.717, 1.165) is 28.3 Å². The Hall–Kier alpha value is -3.88. The first-order chi connectivity index (χ1) is 16.0. The molecule has 34 heavy (non-hydrogen) atoms. The molecule has 1 atom stereocenters. The van der Waals surface area contributed by atoms with Gasteiger partial charge in [-0.25, -0.2) is 18.0 Å². The summed E-state index contributed by atoms with van der Waals surface area (Å²) < 4.78 is 42.1. The standard InChI is InChI=1S/C25H22F3N3O3/c1-14-10-19(15(2)30(14)12-16-4-7-18(26)8-5-16)22(32)13-31-23(33)25(3,29-24(31)34)17-6-9-20(27)21(28)11-17/h4-11H,12-13H2,1-3H3,(H,29,34). The molecule has 9 heteroatoms. The molecule has 0 spiro atoms. The zero-order valence-electron chi connectivity index (χ0n) is 18.8. The number of nitrogens with one attached hydrogen (secondary N) is 1. The Morgan fingerprint density at radius 3 is 2.29 bits per heavy atom. The summed E-state index contributed by atoms with van der Waals surface area (Å²) in [4.78, 5) is 39.5. The van der Waals surface area contributed by atoms with Crippen LogP contribution in [0.15, 0.2) is 48.5 Å². The second-order valence-corrected chi connectivity index (χ2v) is 8.50. The van der Waals surface area contributed by atoms with Gasteiger partial charge in [0.25, 0.3) is 5.91 Å². The molecule has 0 radical (unpaired) electrons. The van der Waals surface area contributed by atoms with Crippen LogP contribution in [-0.2, 0) is 16.9 Å². The monoisotopic (exact) mass is 469 g/mol. The van der Waals surface area contributed by atoms with Gasteiger partial charge in [0, 0.05) is 23.5 Å². The van der Waals surface area contributed by atoms with Crippen LogP contribution >= 0.6 is 0 Å². The van der Waals surface area contributed by atoms with E-state index < -0.39 is 41.4 Å². The summed E-state index contributed by atoms with van der Waals surface area (Å²) >= 11 is 0. The number of carbonyl (C=O) groups excluding carboxylic acids is 3. The lowest BCUT2D eigenvalue weighted by Gasteiger charge is -2.22. The minimum atomic E-state index is -1.63. The lowest BCUT2D eigenvalue weighted by molar-refractivity contribution is -0.130. The van der Waals surface area contributed by atoms with Crippen LogP contribution in [0.25, 0.3) is 0 Å². The number of hydrogen-bond donors (Lipinski definition) is 1. The van der Waals surface area contributed by atoms with Gasteiger partial charge in [0.05, 0.1) is 6.54 Å². The molecule has 1 saturated heterocycles. The number of urea groups is 1. The summed E-state index contributed by atoms with van der Waals surface area (Å²) in [7, 11) is 0. The third-order valence-corrected chi connectivity index (χ3v) is 6.20. The average molecular weight is 469 g/mol. The number of halogens is 3. The number of Topliss-reactive ketones (excluding diaryl/α,β-unsaturated/α-hetero) is 1. The fraction of sp³-hybridized carbons (Fsp3) is 0.240. The van der Waals surface area contributed by atoms with Crippen molar-refractivity contribution >= 4 is 17.7 Å². The van der Waals surface area contributed by atoms with E-state index in [1.54, 1.807) is 25.1 Å². The Bertz CT molecular complexity index is 1320. The van der Waals surface area contributed by atoms with E-state index in [9.17, 15) is 27.6 Å². The molecular formula is C25H22F3N3O3. The minimum absolute atomic E-state index is 0.0668. The zero-order valence-corrected chi connectivity index (χ0v) is 18.8. The molecule has 176 valence electrons. The normalized spacial score (nSPS) is 17.9. The average Bonchev–Trinajstić information content (AvgIpc) is 3.19. The second-order valence-electron chi connectivity index (χ2n) is 8.50. The lowest BCUT2D eigenvalue weighted by Crippen LogP contribution is -2.41. The predicted molar refractivity (Wildman–Crippen MR) is 118 cm³/mol. The van der Waals surface area contributed by atoms with Crippen LogP contribution in [0.3, 0.4) is 0 Å². The molecular weight excluding hydrogens is 447 g/mol. The Morgan fingerprint density at radius 1 is 0.971 bits per heavy atom. The Balaban J connectivity index is 1.56. The number of benzene rings is 2. The highest BCUT2D eigenvalue weighted by Gasteiger charge is 2.49. The highest BCUT2D eigenvalue weighted by Crippen LogP contribution is 2.30. The van der Waals surface area contributed by atoms with Gasteiger partial charge in [0.1, 0.15) is 11.4 Å². The molecule has 1 unspecified atom stereocenters. The molecule has 2 aromatic carbocycles. The van der Waals surface area contributed by atoms with Gasteiger partial charge in [-0.05, 0) is 62.2 Å². The number of nitrogens with zero attached hydrogens (tertiary/aromatic N) is 2. The third-order valence-electron chi connectivity index (χ3n) is 6.20. The van der Waals surface area contributed by atoms with E-state index in [1.807, 2.05) is 11.5 Å². The number of aromatic nitrogens is 1. The number of hydrogen-bond acceptors (Lipinski definition) is 3. The molecule has 6 nitrogen and oxygen atoms in total. The maximum atomic E-state index is 13.7. The van der Waals surface area contributed by atoms with Gasteiger partial charge in [-0.1, -0.05) is 18.2 Å². The van der Waals surface area contributed by atoms with Gasteiger partial charge in [-0.2, -0.15) is 0 Å². The fourth-order valence-corrected chi connectivity index (χ4v) is 4.17. The summed E-state index contributed by atoms with van der Waals surface area (Å²) in [6.07, 6.45) is 0. The van der Waals surface area contributed by atoms with Crippen molar-refractivity contribution in [2.24, 2.45) is 0 Å². The topological polar surface area (TPSA) is 71.4 Å². The number of aryl methyl sites for hydroxylation is 1. The van der Waals surface area contributed by atoms with E-state index in [-0.39, 0.29) is 11.4 Å². The first-order valence-corrected chi connectivity index (χ1v) is 10.6.